The highest BCUT2D eigenvalue weighted by Crippen LogP contribution is 2.24. The van der Waals surface area contributed by atoms with Crippen molar-refractivity contribution in [2.75, 3.05) is 13.0 Å². The minimum Gasteiger partial charge on any atom is -0.465 e. The Kier molecular flexibility index (Phi) is 4.24. The summed E-state index contributed by atoms with van der Waals surface area (Å²) in [4.78, 5) is 11.3. The fraction of sp³-hybridized carbons (Fsp3) is 0.300. The maximum Gasteiger partial charge on any atom is 0.367 e. The van der Waals surface area contributed by atoms with Crippen LogP contribution < -0.4 is 4.74 Å². The van der Waals surface area contributed by atoms with E-state index in [1.165, 1.54) is 7.11 Å². The van der Waals surface area contributed by atoms with Crippen molar-refractivity contribution in [1.82, 2.24) is 0 Å². The van der Waals surface area contributed by atoms with Gasteiger partial charge in [0.1, 0.15) is 5.75 Å². The van der Waals surface area contributed by atoms with Gasteiger partial charge in [0.15, 0.2) is 0 Å². The number of rotatable bonds is 4. The van der Waals surface area contributed by atoms with Gasteiger partial charge in [-0.2, -0.15) is 0 Å². The molecule has 0 spiro atoms. The maximum absolute atomic E-state index is 11.3. The number of hydrogen-bond acceptors (Lipinski definition) is 3. The molecule has 0 radical (unpaired) electrons. The highest BCUT2D eigenvalue weighted by molar-refractivity contribution is 6.38. The zero-order valence-corrected chi connectivity index (χ0v) is 9.59. The smallest absolute Gasteiger partial charge is 0.367 e. The Morgan fingerprint density at radius 1 is 1.40 bits per heavy atom. The zero-order valence-electron chi connectivity index (χ0n) is 8.07. The molecule has 0 aliphatic heterocycles. The van der Waals surface area contributed by atoms with Gasteiger partial charge in [-0.15, -0.1) is 11.6 Å². The van der Waals surface area contributed by atoms with Gasteiger partial charge < -0.3 is 9.47 Å². The second kappa shape index (κ2) is 5.24. The minimum absolute atomic E-state index is 0.198. The van der Waals surface area contributed by atoms with Crippen molar-refractivity contribution in [3.63, 3.8) is 0 Å². The number of methoxy groups -OCH3 is 1. The average molecular weight is 249 g/mol. The summed E-state index contributed by atoms with van der Waals surface area (Å²) in [6.07, 6.45) is 0. The van der Waals surface area contributed by atoms with Crippen LogP contribution in [0.2, 0.25) is 0 Å². The van der Waals surface area contributed by atoms with Crippen LogP contribution in [0.1, 0.15) is 0 Å². The highest BCUT2D eigenvalue weighted by atomic mass is 35.5. The lowest BCUT2D eigenvalue weighted by atomic mass is 10.3. The van der Waals surface area contributed by atoms with Gasteiger partial charge in [-0.1, -0.05) is 29.8 Å². The molecule has 82 valence electrons. The van der Waals surface area contributed by atoms with Gasteiger partial charge in [0.25, 0.3) is 5.06 Å². The molecule has 5 heteroatoms. The molecule has 0 aromatic heterocycles. The number of carbonyl (C=O) groups excluding carboxylic acids is 1. The Morgan fingerprint density at radius 3 is 2.47 bits per heavy atom. The molecule has 0 aliphatic rings. The van der Waals surface area contributed by atoms with E-state index >= 15 is 0 Å². The van der Waals surface area contributed by atoms with Crippen LogP contribution in [0.5, 0.6) is 5.75 Å². The Morgan fingerprint density at radius 2 is 2.00 bits per heavy atom. The summed E-state index contributed by atoms with van der Waals surface area (Å²) in [5, 5.41) is -1.67. The number of alkyl halides is 2. The van der Waals surface area contributed by atoms with Crippen molar-refractivity contribution >= 4 is 29.2 Å². The second-order valence-electron chi connectivity index (χ2n) is 2.77. The van der Waals surface area contributed by atoms with E-state index in [0.29, 0.717) is 5.75 Å². The normalized spacial score (nSPS) is 14.1. The lowest BCUT2D eigenvalue weighted by Gasteiger charge is -2.22. The molecule has 0 heterocycles. The predicted molar refractivity (Wildman–Crippen MR) is 58.4 cm³/mol. The van der Waals surface area contributed by atoms with Gasteiger partial charge in [-0.3, -0.25) is 0 Å². The van der Waals surface area contributed by atoms with E-state index in [1.807, 2.05) is 6.07 Å². The molecule has 0 amide bonds. The first-order chi connectivity index (χ1) is 7.12. The standard InChI is InChI=1S/C10H10Cl2O3/c1-14-9(13)10(12,7-11)15-8-5-3-2-4-6-8/h2-6H,7H2,1H3. The van der Waals surface area contributed by atoms with Crippen LogP contribution >= 0.6 is 23.2 Å². The Balaban J connectivity index is 2.81. The lowest BCUT2D eigenvalue weighted by molar-refractivity contribution is -0.150. The zero-order chi connectivity index (χ0) is 11.3. The first-order valence-corrected chi connectivity index (χ1v) is 5.11. The summed E-state index contributed by atoms with van der Waals surface area (Å²) >= 11 is 11.5. The molecule has 0 fully saturated rings. The van der Waals surface area contributed by atoms with Crippen LogP contribution in [0.3, 0.4) is 0 Å². The predicted octanol–water partition coefficient (Wildman–Crippen LogP) is 2.41. The largest absolute Gasteiger partial charge is 0.465 e. The SMILES string of the molecule is COC(=O)C(Cl)(CCl)Oc1ccccc1. The summed E-state index contributed by atoms with van der Waals surface area (Å²) in [7, 11) is 1.22. The molecule has 0 aliphatic carbocycles. The first kappa shape index (κ1) is 12.1. The number of esters is 1. The van der Waals surface area contributed by atoms with Gasteiger partial charge >= 0.3 is 5.97 Å². The summed E-state index contributed by atoms with van der Waals surface area (Å²) < 4.78 is 9.76. The molecule has 1 rings (SSSR count). The van der Waals surface area contributed by atoms with Gasteiger partial charge in [0.05, 0.1) is 13.0 Å². The van der Waals surface area contributed by atoms with E-state index in [2.05, 4.69) is 4.74 Å². The minimum atomic E-state index is -1.67. The van der Waals surface area contributed by atoms with Crippen LogP contribution in [0, 0.1) is 0 Å². The third-order valence-electron chi connectivity index (χ3n) is 1.68. The topological polar surface area (TPSA) is 35.5 Å². The summed E-state index contributed by atoms with van der Waals surface area (Å²) in [6.45, 7) is 0. The Labute approximate surface area is 97.9 Å². The number of hydrogen-bond donors (Lipinski definition) is 0. The number of ether oxygens (including phenoxy) is 2. The van der Waals surface area contributed by atoms with Crippen LogP contribution in [0.25, 0.3) is 0 Å². The fourth-order valence-electron chi connectivity index (χ4n) is 0.951. The van der Waals surface area contributed by atoms with Crippen LogP contribution in [-0.2, 0) is 9.53 Å². The van der Waals surface area contributed by atoms with E-state index in [1.54, 1.807) is 24.3 Å². The van der Waals surface area contributed by atoms with Crippen molar-refractivity contribution in [3.05, 3.63) is 30.3 Å². The molecule has 0 saturated carbocycles. The second-order valence-corrected chi connectivity index (χ2v) is 3.65. The maximum atomic E-state index is 11.3. The Bertz CT molecular complexity index is 329. The molecular weight excluding hydrogens is 239 g/mol. The van der Waals surface area contributed by atoms with Gasteiger partial charge in [0, 0.05) is 0 Å². The van der Waals surface area contributed by atoms with Gasteiger partial charge in [0.2, 0.25) is 0 Å². The summed E-state index contributed by atoms with van der Waals surface area (Å²) in [6, 6.07) is 8.69. The lowest BCUT2D eigenvalue weighted by Crippen LogP contribution is -2.41. The van der Waals surface area contributed by atoms with Crippen LogP contribution in [0.15, 0.2) is 30.3 Å². The van der Waals surface area contributed by atoms with E-state index in [4.69, 9.17) is 27.9 Å². The van der Waals surface area contributed by atoms with E-state index < -0.39 is 11.0 Å². The molecule has 1 aromatic rings. The van der Waals surface area contributed by atoms with E-state index in [-0.39, 0.29) is 5.88 Å². The molecule has 0 bridgehead atoms. The van der Waals surface area contributed by atoms with E-state index in [9.17, 15) is 4.79 Å². The molecule has 0 saturated heterocycles. The summed E-state index contributed by atoms with van der Waals surface area (Å²) in [5.74, 6) is -0.461. The quantitative estimate of drug-likeness (QED) is 0.607. The molecule has 3 nitrogen and oxygen atoms in total. The van der Waals surface area contributed by atoms with Gasteiger partial charge in [-0.25, -0.2) is 4.79 Å². The molecule has 1 atom stereocenters. The third kappa shape index (κ3) is 3.01. The molecular formula is C10H10Cl2O3. The van der Waals surface area contributed by atoms with Crippen molar-refractivity contribution in [1.29, 1.82) is 0 Å². The number of para-hydroxylation sites is 1. The molecule has 15 heavy (non-hydrogen) atoms. The van der Waals surface area contributed by atoms with Crippen molar-refractivity contribution in [3.8, 4) is 5.75 Å². The molecule has 1 unspecified atom stereocenters. The van der Waals surface area contributed by atoms with E-state index in [0.717, 1.165) is 0 Å². The number of carbonyl (C=O) groups is 1. The number of halogens is 2. The third-order valence-corrected chi connectivity index (χ3v) is 2.56. The fourth-order valence-corrected chi connectivity index (χ4v) is 1.28. The Hall–Kier alpha value is -0.930. The van der Waals surface area contributed by atoms with Crippen molar-refractivity contribution < 1.29 is 14.3 Å². The molecule has 1 aromatic carbocycles. The van der Waals surface area contributed by atoms with Crippen molar-refractivity contribution in [2.24, 2.45) is 0 Å². The van der Waals surface area contributed by atoms with Crippen LogP contribution in [-0.4, -0.2) is 24.0 Å². The van der Waals surface area contributed by atoms with Crippen LogP contribution in [0.4, 0.5) is 0 Å². The van der Waals surface area contributed by atoms with Gasteiger partial charge in [-0.05, 0) is 12.1 Å². The summed E-state index contributed by atoms with van der Waals surface area (Å²) in [5.41, 5.74) is 0. The molecule has 0 N–H and O–H groups in total. The van der Waals surface area contributed by atoms with Crippen molar-refractivity contribution in [2.45, 2.75) is 5.06 Å². The monoisotopic (exact) mass is 248 g/mol. The number of benzene rings is 1. The highest BCUT2D eigenvalue weighted by Gasteiger charge is 2.39. The average Bonchev–Trinajstić information content (AvgIpc) is 2.29. The first-order valence-electron chi connectivity index (χ1n) is 4.20.